The smallest absolute Gasteiger partial charge is 0.284 e. The van der Waals surface area contributed by atoms with Crippen LogP contribution in [-0.2, 0) is 14.8 Å². The number of benzene rings is 2. The summed E-state index contributed by atoms with van der Waals surface area (Å²) in [5.74, 6) is -1.40. The molecule has 0 aliphatic carbocycles. The van der Waals surface area contributed by atoms with Gasteiger partial charge in [0.15, 0.2) is 11.6 Å². The van der Waals surface area contributed by atoms with Gasteiger partial charge in [-0.15, -0.1) is 4.40 Å². The number of hydrogen-bond donors (Lipinski definition) is 1. The number of carbonyl (C=O) groups is 1. The summed E-state index contributed by atoms with van der Waals surface area (Å²) in [4.78, 5) is 14.1. The third-order valence-electron chi connectivity index (χ3n) is 5.18. The molecule has 2 aromatic carbocycles. The van der Waals surface area contributed by atoms with Gasteiger partial charge in [0.25, 0.3) is 10.0 Å². The normalized spacial score (nSPS) is 15.8. The second-order valence-electron chi connectivity index (χ2n) is 7.82. The zero-order valence-electron chi connectivity index (χ0n) is 18.4. The number of likely N-dealkylation sites (tertiary alicyclic amines) is 1. The van der Waals surface area contributed by atoms with Crippen LogP contribution >= 0.6 is 0 Å². The maximum absolute atomic E-state index is 13.5. The Kier molecular flexibility index (Phi) is 8.37. The topological polar surface area (TPSA) is 88.1 Å². The lowest BCUT2D eigenvalue weighted by molar-refractivity contribution is -0.116. The lowest BCUT2D eigenvalue weighted by Crippen LogP contribution is -2.26. The molecule has 0 unspecified atom stereocenters. The van der Waals surface area contributed by atoms with Gasteiger partial charge in [0.2, 0.25) is 5.91 Å². The summed E-state index contributed by atoms with van der Waals surface area (Å²) in [6.07, 6.45) is 3.91. The van der Waals surface area contributed by atoms with E-state index in [1.54, 1.807) is 12.1 Å². The highest BCUT2D eigenvalue weighted by atomic mass is 32.2. The van der Waals surface area contributed by atoms with Crippen LogP contribution in [0, 0.1) is 11.6 Å². The molecule has 1 fully saturated rings. The predicted octanol–water partition coefficient (Wildman–Crippen LogP) is 4.36. The van der Waals surface area contributed by atoms with Crippen molar-refractivity contribution in [1.82, 2.24) is 4.90 Å². The van der Waals surface area contributed by atoms with Crippen LogP contribution in [0.25, 0.3) is 0 Å². The van der Waals surface area contributed by atoms with Gasteiger partial charge in [-0.1, -0.05) is 12.5 Å². The summed E-state index contributed by atoms with van der Waals surface area (Å²) in [6, 6.07) is 8.95. The van der Waals surface area contributed by atoms with Gasteiger partial charge in [0.1, 0.15) is 11.7 Å². The van der Waals surface area contributed by atoms with Crippen molar-refractivity contribution in [3.05, 3.63) is 54.1 Å². The Bertz CT molecular complexity index is 1120. The van der Waals surface area contributed by atoms with Crippen molar-refractivity contribution in [3.8, 4) is 5.75 Å². The Morgan fingerprint density at radius 3 is 2.76 bits per heavy atom. The van der Waals surface area contributed by atoms with Crippen LogP contribution in [-0.4, -0.2) is 45.3 Å². The quantitative estimate of drug-likeness (QED) is 0.569. The molecule has 1 amide bonds. The minimum absolute atomic E-state index is 0.000523. The fourth-order valence-corrected chi connectivity index (χ4v) is 4.54. The molecule has 0 saturated carbocycles. The first-order valence-electron chi connectivity index (χ1n) is 10.8. The van der Waals surface area contributed by atoms with Gasteiger partial charge < -0.3 is 15.0 Å². The third-order valence-corrected chi connectivity index (χ3v) is 6.48. The largest absolute Gasteiger partial charge is 0.491 e. The highest BCUT2D eigenvalue weighted by Crippen LogP contribution is 2.21. The van der Waals surface area contributed by atoms with Crippen molar-refractivity contribution in [2.75, 3.05) is 25.5 Å². The number of anilines is 1. The van der Waals surface area contributed by atoms with Crippen LogP contribution < -0.4 is 10.1 Å². The number of ether oxygens (including phenoxy) is 1. The van der Waals surface area contributed by atoms with Crippen LogP contribution in [0.4, 0.5) is 14.5 Å². The molecule has 7 nitrogen and oxygen atoms in total. The zero-order chi connectivity index (χ0) is 23.8. The molecule has 10 heteroatoms. The number of carbonyl (C=O) groups excluding carboxylic acids is 1. The van der Waals surface area contributed by atoms with Gasteiger partial charge in [0.05, 0.1) is 11.5 Å². The molecule has 0 spiro atoms. The van der Waals surface area contributed by atoms with Gasteiger partial charge in [-0.2, -0.15) is 8.42 Å². The van der Waals surface area contributed by atoms with E-state index in [4.69, 9.17) is 4.74 Å². The second kappa shape index (κ2) is 11.2. The number of sulfonamides is 1. The lowest BCUT2D eigenvalue weighted by atomic mass is 10.2. The molecule has 0 radical (unpaired) electrons. The van der Waals surface area contributed by atoms with Crippen LogP contribution in [0.5, 0.6) is 5.75 Å². The molecular weight excluding hydrogens is 452 g/mol. The number of hydrogen-bond acceptors (Lipinski definition) is 4. The maximum Gasteiger partial charge on any atom is 0.284 e. The molecule has 0 atom stereocenters. The second-order valence-corrected chi connectivity index (χ2v) is 9.42. The average Bonchev–Trinajstić information content (AvgIpc) is 2.96. The molecule has 3 rings (SSSR count). The van der Waals surface area contributed by atoms with E-state index in [-0.39, 0.29) is 29.6 Å². The minimum atomic E-state index is -3.91. The standard InChI is InChI=1S/C23H27F2N3O4S/c1-28-13-4-2-3-9-22(28)27-33(30,31)19-8-5-7-18(16-19)26-23(29)10-6-14-32-21-12-11-17(24)15-20(21)25/h5,7-8,11-12,15-16H,2-4,6,9-10,13-14H2,1H3,(H,26,29)/b27-22+. The average molecular weight is 480 g/mol. The van der Waals surface area contributed by atoms with Gasteiger partial charge in [-0.05, 0) is 49.6 Å². The number of amides is 1. The van der Waals surface area contributed by atoms with E-state index in [0.29, 0.717) is 24.4 Å². The summed E-state index contributed by atoms with van der Waals surface area (Å²) >= 11 is 0. The molecule has 1 heterocycles. The molecule has 1 N–H and O–H groups in total. The monoisotopic (exact) mass is 479 g/mol. The Hall–Kier alpha value is -3.01. The fourth-order valence-electron chi connectivity index (χ4n) is 3.40. The first-order valence-corrected chi connectivity index (χ1v) is 12.2. The number of halogens is 2. The predicted molar refractivity (Wildman–Crippen MR) is 122 cm³/mol. The number of nitrogens with one attached hydrogen (secondary N) is 1. The van der Waals surface area contributed by atoms with E-state index in [2.05, 4.69) is 9.71 Å². The minimum Gasteiger partial charge on any atom is -0.491 e. The number of nitrogens with zero attached hydrogens (tertiary/aromatic N) is 2. The van der Waals surface area contributed by atoms with Crippen molar-refractivity contribution in [2.24, 2.45) is 4.40 Å². The molecule has 178 valence electrons. The van der Waals surface area contributed by atoms with Crippen LogP contribution in [0.2, 0.25) is 0 Å². The Morgan fingerprint density at radius 1 is 1.15 bits per heavy atom. The number of amidine groups is 1. The molecule has 2 aromatic rings. The van der Waals surface area contributed by atoms with Crippen molar-refractivity contribution in [1.29, 1.82) is 0 Å². The van der Waals surface area contributed by atoms with Crippen LogP contribution in [0.15, 0.2) is 51.8 Å². The summed E-state index contributed by atoms with van der Waals surface area (Å²) < 4.78 is 61.3. The molecule has 33 heavy (non-hydrogen) atoms. The lowest BCUT2D eigenvalue weighted by Gasteiger charge is -2.17. The van der Waals surface area contributed by atoms with Crippen molar-refractivity contribution in [3.63, 3.8) is 0 Å². The highest BCUT2D eigenvalue weighted by molar-refractivity contribution is 7.90. The van der Waals surface area contributed by atoms with Crippen LogP contribution in [0.3, 0.4) is 0 Å². The van der Waals surface area contributed by atoms with Crippen molar-refractivity contribution >= 4 is 27.5 Å². The van der Waals surface area contributed by atoms with Crippen molar-refractivity contribution < 1.29 is 26.7 Å². The maximum atomic E-state index is 13.5. The van der Waals surface area contributed by atoms with Crippen LogP contribution in [0.1, 0.15) is 38.5 Å². The fraction of sp³-hybridized carbons (Fsp3) is 0.391. The zero-order valence-corrected chi connectivity index (χ0v) is 19.2. The Labute approximate surface area is 192 Å². The summed E-state index contributed by atoms with van der Waals surface area (Å²) in [6.45, 7) is 0.831. The summed E-state index contributed by atoms with van der Waals surface area (Å²) in [5, 5.41) is 2.65. The van der Waals surface area contributed by atoms with E-state index < -0.39 is 21.7 Å². The van der Waals surface area contributed by atoms with Gasteiger partial charge in [-0.25, -0.2) is 8.78 Å². The van der Waals surface area contributed by atoms with E-state index in [1.165, 1.54) is 18.2 Å². The van der Waals surface area contributed by atoms with Crippen molar-refractivity contribution in [2.45, 2.75) is 43.4 Å². The molecule has 1 aliphatic heterocycles. The molecule has 0 aromatic heterocycles. The van der Waals surface area contributed by atoms with E-state index in [0.717, 1.165) is 37.9 Å². The highest BCUT2D eigenvalue weighted by Gasteiger charge is 2.19. The molecule has 0 bridgehead atoms. The Balaban J connectivity index is 1.56. The first kappa shape index (κ1) is 24.6. The van der Waals surface area contributed by atoms with E-state index in [9.17, 15) is 22.0 Å². The Morgan fingerprint density at radius 2 is 1.97 bits per heavy atom. The van der Waals surface area contributed by atoms with Gasteiger partial charge in [-0.3, -0.25) is 4.79 Å². The number of rotatable bonds is 8. The van der Waals surface area contributed by atoms with E-state index >= 15 is 0 Å². The summed E-state index contributed by atoms with van der Waals surface area (Å²) in [7, 11) is -2.08. The van der Waals surface area contributed by atoms with Gasteiger partial charge in [0, 0.05) is 38.2 Å². The van der Waals surface area contributed by atoms with Gasteiger partial charge >= 0.3 is 0 Å². The summed E-state index contributed by atoms with van der Waals surface area (Å²) in [5.41, 5.74) is 0.334. The molecule has 1 saturated heterocycles. The molecular formula is C23H27F2N3O4S. The first-order chi connectivity index (χ1) is 15.7. The van der Waals surface area contributed by atoms with E-state index in [1.807, 2.05) is 11.9 Å². The SMILES string of the molecule is CN1CCCCC/C1=N\S(=O)(=O)c1cccc(NC(=O)CCCOc2ccc(F)cc2F)c1. The third kappa shape index (κ3) is 7.24. The molecule has 1 aliphatic rings.